The fraction of sp³-hybridized carbons (Fsp3) is 0. The third kappa shape index (κ3) is 2.72. The molecule has 0 atom stereocenters. The lowest BCUT2D eigenvalue weighted by atomic mass is 10.1. The summed E-state index contributed by atoms with van der Waals surface area (Å²) in [4.78, 5) is 10.6. The molecule has 0 aromatic heterocycles. The molecule has 0 aliphatic carbocycles. The van der Waals surface area contributed by atoms with E-state index in [4.69, 9.17) is 33.6 Å². The number of hydrogen-bond acceptors (Lipinski definition) is 2. The molecule has 0 radical (unpaired) electrons. The van der Waals surface area contributed by atoms with E-state index in [9.17, 15) is 4.79 Å². The minimum absolute atomic E-state index is 0.230. The molecule has 0 unspecified atom stereocenters. The number of halogens is 2. The zero-order valence-corrected chi connectivity index (χ0v) is 8.88. The van der Waals surface area contributed by atoms with Crippen molar-refractivity contribution in [3.63, 3.8) is 0 Å². The molecule has 0 bridgehead atoms. The summed E-state index contributed by atoms with van der Waals surface area (Å²) in [5, 5.41) is 17.7. The Labute approximate surface area is 96.2 Å². The van der Waals surface area contributed by atoms with Gasteiger partial charge in [-0.2, -0.15) is 5.26 Å². The molecule has 0 aliphatic heterocycles. The molecule has 5 heteroatoms. The zero-order valence-electron chi connectivity index (χ0n) is 7.37. The van der Waals surface area contributed by atoms with Gasteiger partial charge >= 0.3 is 5.97 Å². The van der Waals surface area contributed by atoms with Gasteiger partial charge in [0, 0.05) is 0 Å². The first-order valence-corrected chi connectivity index (χ1v) is 4.61. The Hall–Kier alpha value is -1.50. The molecule has 15 heavy (non-hydrogen) atoms. The van der Waals surface area contributed by atoms with Crippen LogP contribution in [0.3, 0.4) is 0 Å². The third-order valence-electron chi connectivity index (χ3n) is 1.63. The van der Waals surface area contributed by atoms with Crippen LogP contribution in [0.2, 0.25) is 10.0 Å². The van der Waals surface area contributed by atoms with Crippen LogP contribution in [-0.2, 0) is 4.79 Å². The average molecular weight is 242 g/mol. The van der Waals surface area contributed by atoms with Crippen LogP contribution in [-0.4, -0.2) is 11.1 Å². The van der Waals surface area contributed by atoms with Gasteiger partial charge in [-0.15, -0.1) is 0 Å². The second-order valence-electron chi connectivity index (χ2n) is 2.62. The molecule has 0 fully saturated rings. The van der Waals surface area contributed by atoms with Gasteiger partial charge in [-0.1, -0.05) is 35.3 Å². The van der Waals surface area contributed by atoms with E-state index >= 15 is 0 Å². The molecule has 0 amide bonds. The summed E-state index contributed by atoms with van der Waals surface area (Å²) in [6, 6.07) is 6.33. The Morgan fingerprint density at radius 1 is 1.47 bits per heavy atom. The van der Waals surface area contributed by atoms with Crippen molar-refractivity contribution >= 4 is 35.2 Å². The fourth-order valence-electron chi connectivity index (χ4n) is 0.929. The summed E-state index contributed by atoms with van der Waals surface area (Å²) in [6.45, 7) is 0. The highest BCUT2D eigenvalue weighted by atomic mass is 35.5. The predicted octanol–water partition coefficient (Wildman–Crippen LogP) is 2.98. The van der Waals surface area contributed by atoms with E-state index in [1.807, 2.05) is 0 Å². The van der Waals surface area contributed by atoms with Gasteiger partial charge < -0.3 is 5.11 Å². The number of carboxylic acids is 1. The highest BCUT2D eigenvalue weighted by Gasteiger charge is 2.08. The molecule has 0 spiro atoms. The summed E-state index contributed by atoms with van der Waals surface area (Å²) in [7, 11) is 0. The summed E-state index contributed by atoms with van der Waals surface area (Å²) < 4.78 is 0. The summed E-state index contributed by atoms with van der Waals surface area (Å²) >= 11 is 11.5. The SMILES string of the molecule is N#C/C(=C\c1cccc(Cl)c1Cl)C(=O)O. The van der Waals surface area contributed by atoms with Gasteiger partial charge in [0.15, 0.2) is 0 Å². The standard InChI is InChI=1S/C10H5Cl2NO2/c11-8-3-1-2-6(9(8)12)4-7(5-13)10(14)15/h1-4H,(H,14,15)/b7-4+. The second-order valence-corrected chi connectivity index (χ2v) is 3.40. The van der Waals surface area contributed by atoms with Crippen LogP contribution in [0.15, 0.2) is 23.8 Å². The number of nitrogens with zero attached hydrogens (tertiary/aromatic N) is 1. The van der Waals surface area contributed by atoms with E-state index in [1.54, 1.807) is 24.3 Å². The highest BCUT2D eigenvalue weighted by molar-refractivity contribution is 6.42. The lowest BCUT2D eigenvalue weighted by molar-refractivity contribution is -0.132. The van der Waals surface area contributed by atoms with Gasteiger partial charge in [0.25, 0.3) is 0 Å². The first kappa shape index (κ1) is 11.6. The molecule has 0 saturated carbocycles. The van der Waals surface area contributed by atoms with Gasteiger partial charge in [-0.25, -0.2) is 4.79 Å². The van der Waals surface area contributed by atoms with E-state index in [-0.39, 0.29) is 10.6 Å². The van der Waals surface area contributed by atoms with Crippen molar-refractivity contribution in [1.29, 1.82) is 5.26 Å². The van der Waals surface area contributed by atoms with Crippen molar-refractivity contribution in [2.45, 2.75) is 0 Å². The van der Waals surface area contributed by atoms with E-state index in [2.05, 4.69) is 0 Å². The lowest BCUT2D eigenvalue weighted by Crippen LogP contribution is -1.97. The number of aliphatic carboxylic acids is 1. The molecule has 3 nitrogen and oxygen atoms in total. The van der Waals surface area contributed by atoms with Crippen LogP contribution < -0.4 is 0 Å². The number of nitriles is 1. The van der Waals surface area contributed by atoms with Crippen molar-refractivity contribution in [1.82, 2.24) is 0 Å². The predicted molar refractivity (Wildman–Crippen MR) is 57.7 cm³/mol. The smallest absolute Gasteiger partial charge is 0.346 e. The first-order valence-electron chi connectivity index (χ1n) is 3.85. The van der Waals surface area contributed by atoms with E-state index in [0.717, 1.165) is 0 Å². The van der Waals surface area contributed by atoms with Gasteiger partial charge in [-0.3, -0.25) is 0 Å². The monoisotopic (exact) mass is 241 g/mol. The number of carboxylic acid groups (broad SMARTS) is 1. The Morgan fingerprint density at radius 3 is 2.67 bits per heavy atom. The molecule has 1 N–H and O–H groups in total. The zero-order chi connectivity index (χ0) is 11.4. The molecule has 76 valence electrons. The van der Waals surface area contributed by atoms with Gasteiger partial charge in [0.2, 0.25) is 0 Å². The molecule has 0 heterocycles. The second kappa shape index (κ2) is 4.83. The van der Waals surface area contributed by atoms with Crippen molar-refractivity contribution in [2.24, 2.45) is 0 Å². The Balaban J connectivity index is 3.25. The maximum atomic E-state index is 10.6. The van der Waals surface area contributed by atoms with Crippen LogP contribution >= 0.6 is 23.2 Å². The summed E-state index contributed by atoms with van der Waals surface area (Å²) in [6.07, 6.45) is 1.18. The maximum Gasteiger partial charge on any atom is 0.346 e. The van der Waals surface area contributed by atoms with E-state index < -0.39 is 5.97 Å². The molecule has 0 aliphatic rings. The Kier molecular flexibility index (Phi) is 3.73. The van der Waals surface area contributed by atoms with Crippen molar-refractivity contribution in [2.75, 3.05) is 0 Å². The number of carbonyl (C=O) groups is 1. The molecule has 1 aromatic rings. The molecular weight excluding hydrogens is 237 g/mol. The lowest BCUT2D eigenvalue weighted by Gasteiger charge is -2.00. The number of rotatable bonds is 2. The van der Waals surface area contributed by atoms with Crippen LogP contribution in [0.5, 0.6) is 0 Å². The van der Waals surface area contributed by atoms with Crippen molar-refractivity contribution < 1.29 is 9.90 Å². The van der Waals surface area contributed by atoms with Gasteiger partial charge in [-0.05, 0) is 17.7 Å². The Morgan fingerprint density at radius 2 is 2.13 bits per heavy atom. The minimum atomic E-state index is -1.30. The molecule has 0 saturated heterocycles. The summed E-state index contributed by atoms with van der Waals surface area (Å²) in [5.41, 5.74) is 0.0160. The highest BCUT2D eigenvalue weighted by Crippen LogP contribution is 2.27. The topological polar surface area (TPSA) is 61.1 Å². The quantitative estimate of drug-likeness (QED) is 0.640. The fourth-order valence-corrected chi connectivity index (χ4v) is 1.29. The van der Waals surface area contributed by atoms with Crippen molar-refractivity contribution in [3.8, 4) is 6.07 Å². The normalized spacial score (nSPS) is 10.9. The first-order chi connectivity index (χ1) is 7.06. The average Bonchev–Trinajstić information content (AvgIpc) is 2.19. The van der Waals surface area contributed by atoms with Crippen LogP contribution in [0.1, 0.15) is 5.56 Å². The summed E-state index contributed by atoms with van der Waals surface area (Å²) in [5.74, 6) is -1.30. The molecule has 1 aromatic carbocycles. The number of benzene rings is 1. The molecular formula is C10H5Cl2NO2. The van der Waals surface area contributed by atoms with E-state index in [1.165, 1.54) is 6.08 Å². The van der Waals surface area contributed by atoms with E-state index in [0.29, 0.717) is 10.6 Å². The van der Waals surface area contributed by atoms with Gasteiger partial charge in [0.05, 0.1) is 10.0 Å². The number of hydrogen-bond donors (Lipinski definition) is 1. The van der Waals surface area contributed by atoms with Gasteiger partial charge in [0.1, 0.15) is 11.6 Å². The van der Waals surface area contributed by atoms with Crippen LogP contribution in [0.25, 0.3) is 6.08 Å². The maximum absolute atomic E-state index is 10.6. The Bertz CT molecular complexity index is 475. The minimum Gasteiger partial charge on any atom is -0.477 e. The van der Waals surface area contributed by atoms with Crippen LogP contribution in [0.4, 0.5) is 0 Å². The third-order valence-corrected chi connectivity index (χ3v) is 2.47. The van der Waals surface area contributed by atoms with Crippen molar-refractivity contribution in [3.05, 3.63) is 39.4 Å². The molecule has 1 rings (SSSR count). The largest absolute Gasteiger partial charge is 0.477 e. The van der Waals surface area contributed by atoms with Crippen LogP contribution in [0, 0.1) is 11.3 Å².